The molecule has 0 saturated carbocycles. The zero-order valence-corrected chi connectivity index (χ0v) is 12.3. The SMILES string of the molecule is CN(C)C(=O)c1cc(N2CCSCC2C(=O)O)ccn1. The minimum absolute atomic E-state index is 0.190. The van der Waals surface area contributed by atoms with Crippen LogP contribution < -0.4 is 4.90 Å². The first-order chi connectivity index (χ1) is 9.50. The fourth-order valence-electron chi connectivity index (χ4n) is 2.06. The topological polar surface area (TPSA) is 73.7 Å². The lowest BCUT2D eigenvalue weighted by molar-refractivity contribution is -0.138. The number of rotatable bonds is 3. The minimum atomic E-state index is -0.838. The molecule has 1 amide bonds. The van der Waals surface area contributed by atoms with Crippen molar-refractivity contribution in [3.05, 3.63) is 24.0 Å². The van der Waals surface area contributed by atoms with Crippen molar-refractivity contribution in [2.24, 2.45) is 0 Å². The van der Waals surface area contributed by atoms with Crippen molar-refractivity contribution < 1.29 is 14.7 Å². The van der Waals surface area contributed by atoms with Crippen LogP contribution in [0.3, 0.4) is 0 Å². The first-order valence-electron chi connectivity index (χ1n) is 6.25. The monoisotopic (exact) mass is 295 g/mol. The molecule has 1 fully saturated rings. The molecule has 108 valence electrons. The van der Waals surface area contributed by atoms with Gasteiger partial charge in [0.05, 0.1) is 0 Å². The maximum atomic E-state index is 11.9. The Morgan fingerprint density at radius 1 is 1.50 bits per heavy atom. The number of pyridine rings is 1. The van der Waals surface area contributed by atoms with E-state index in [0.29, 0.717) is 18.0 Å². The van der Waals surface area contributed by atoms with E-state index in [9.17, 15) is 14.7 Å². The molecule has 2 heterocycles. The van der Waals surface area contributed by atoms with Crippen LogP contribution in [0.15, 0.2) is 18.3 Å². The second-order valence-electron chi connectivity index (χ2n) is 4.72. The summed E-state index contributed by atoms with van der Waals surface area (Å²) in [6.45, 7) is 0.654. The molecule has 20 heavy (non-hydrogen) atoms. The van der Waals surface area contributed by atoms with E-state index in [1.165, 1.54) is 4.90 Å². The van der Waals surface area contributed by atoms with Gasteiger partial charge in [0.25, 0.3) is 5.91 Å². The van der Waals surface area contributed by atoms with Crippen LogP contribution in [0.4, 0.5) is 5.69 Å². The molecular formula is C13H17N3O3S. The van der Waals surface area contributed by atoms with Crippen molar-refractivity contribution in [3.63, 3.8) is 0 Å². The lowest BCUT2D eigenvalue weighted by Gasteiger charge is -2.34. The Kier molecular flexibility index (Phi) is 4.49. The van der Waals surface area contributed by atoms with E-state index in [2.05, 4.69) is 4.98 Å². The number of thioether (sulfide) groups is 1. The van der Waals surface area contributed by atoms with Gasteiger partial charge in [-0.3, -0.25) is 9.78 Å². The highest BCUT2D eigenvalue weighted by Gasteiger charge is 2.29. The summed E-state index contributed by atoms with van der Waals surface area (Å²) < 4.78 is 0. The highest BCUT2D eigenvalue weighted by Crippen LogP contribution is 2.24. The van der Waals surface area contributed by atoms with Gasteiger partial charge in [-0.25, -0.2) is 4.79 Å². The summed E-state index contributed by atoms with van der Waals surface area (Å²) in [6.07, 6.45) is 1.55. The van der Waals surface area contributed by atoms with Gasteiger partial charge >= 0.3 is 5.97 Å². The molecule has 2 rings (SSSR count). The predicted molar refractivity (Wildman–Crippen MR) is 78.3 cm³/mol. The average molecular weight is 295 g/mol. The molecule has 1 N–H and O–H groups in total. The summed E-state index contributed by atoms with van der Waals surface area (Å²) in [7, 11) is 3.32. The Balaban J connectivity index is 2.29. The molecule has 1 unspecified atom stereocenters. The van der Waals surface area contributed by atoms with Crippen molar-refractivity contribution >= 4 is 29.3 Å². The number of carboxylic acid groups (broad SMARTS) is 1. The molecule has 1 aromatic rings. The molecule has 0 spiro atoms. The van der Waals surface area contributed by atoms with Crippen molar-refractivity contribution in [1.29, 1.82) is 0 Å². The van der Waals surface area contributed by atoms with Gasteiger partial charge in [0, 0.05) is 44.0 Å². The highest BCUT2D eigenvalue weighted by molar-refractivity contribution is 7.99. The van der Waals surface area contributed by atoms with E-state index in [0.717, 1.165) is 11.4 Å². The number of carbonyl (C=O) groups excluding carboxylic acids is 1. The van der Waals surface area contributed by atoms with Gasteiger partial charge in [0.1, 0.15) is 11.7 Å². The molecule has 6 nitrogen and oxygen atoms in total. The van der Waals surface area contributed by atoms with E-state index in [1.807, 2.05) is 4.90 Å². The van der Waals surface area contributed by atoms with Gasteiger partial charge in [-0.2, -0.15) is 11.8 Å². The number of carbonyl (C=O) groups is 2. The summed E-state index contributed by atoms with van der Waals surface area (Å²) in [5.41, 5.74) is 1.06. The molecule has 0 bridgehead atoms. The third kappa shape index (κ3) is 3.04. The van der Waals surface area contributed by atoms with Crippen molar-refractivity contribution in [1.82, 2.24) is 9.88 Å². The second-order valence-corrected chi connectivity index (χ2v) is 5.87. The van der Waals surface area contributed by atoms with Gasteiger partial charge in [0.15, 0.2) is 0 Å². The van der Waals surface area contributed by atoms with Crippen LogP contribution in [0.25, 0.3) is 0 Å². The van der Waals surface area contributed by atoms with E-state index in [-0.39, 0.29) is 5.91 Å². The maximum absolute atomic E-state index is 11.9. The van der Waals surface area contributed by atoms with Crippen molar-refractivity contribution in [2.75, 3.05) is 37.0 Å². The molecule has 7 heteroatoms. The standard InChI is InChI=1S/C13H17N3O3S/c1-15(2)12(17)10-7-9(3-4-14-10)16-5-6-20-8-11(16)13(18)19/h3-4,7,11H,5-6,8H2,1-2H3,(H,18,19). The fourth-order valence-corrected chi connectivity index (χ4v) is 3.10. The Hall–Kier alpha value is -1.76. The van der Waals surface area contributed by atoms with Crippen LogP contribution in [0, 0.1) is 0 Å². The normalized spacial score (nSPS) is 18.7. The molecule has 1 atom stereocenters. The lowest BCUT2D eigenvalue weighted by Crippen LogP contribution is -2.47. The third-order valence-corrected chi connectivity index (χ3v) is 4.14. The largest absolute Gasteiger partial charge is 0.480 e. The van der Waals surface area contributed by atoms with Gasteiger partial charge in [-0.05, 0) is 12.1 Å². The van der Waals surface area contributed by atoms with Crippen molar-refractivity contribution in [3.8, 4) is 0 Å². The molecule has 1 aromatic heterocycles. The van der Waals surface area contributed by atoms with E-state index < -0.39 is 12.0 Å². The Morgan fingerprint density at radius 3 is 2.90 bits per heavy atom. The van der Waals surface area contributed by atoms with Gasteiger partial charge in [0.2, 0.25) is 0 Å². The summed E-state index contributed by atoms with van der Waals surface area (Å²) >= 11 is 1.63. The van der Waals surface area contributed by atoms with E-state index >= 15 is 0 Å². The predicted octanol–water partition coefficient (Wildman–Crippen LogP) is 0.790. The number of aromatic nitrogens is 1. The molecule has 0 aromatic carbocycles. The maximum Gasteiger partial charge on any atom is 0.327 e. The van der Waals surface area contributed by atoms with Crippen LogP contribution >= 0.6 is 11.8 Å². The zero-order chi connectivity index (χ0) is 14.7. The first-order valence-corrected chi connectivity index (χ1v) is 7.41. The van der Waals surface area contributed by atoms with Gasteiger partial charge in [-0.15, -0.1) is 0 Å². The molecule has 1 saturated heterocycles. The van der Waals surface area contributed by atoms with Crippen LogP contribution in [0.2, 0.25) is 0 Å². The van der Waals surface area contributed by atoms with E-state index in [4.69, 9.17) is 0 Å². The molecule has 0 radical (unpaired) electrons. The first kappa shape index (κ1) is 14.6. The quantitative estimate of drug-likeness (QED) is 0.889. The molecular weight excluding hydrogens is 278 g/mol. The van der Waals surface area contributed by atoms with E-state index in [1.54, 1.807) is 44.2 Å². The number of nitrogens with zero attached hydrogens (tertiary/aromatic N) is 3. The van der Waals surface area contributed by atoms with Crippen LogP contribution in [0.5, 0.6) is 0 Å². The summed E-state index contributed by atoms with van der Waals surface area (Å²) in [6, 6.07) is 2.85. The second kappa shape index (κ2) is 6.13. The number of amides is 1. The van der Waals surface area contributed by atoms with Gasteiger partial charge in [-0.1, -0.05) is 0 Å². The Labute approximate surface area is 121 Å². The summed E-state index contributed by atoms with van der Waals surface area (Å²) in [5, 5.41) is 9.29. The number of aliphatic carboxylic acids is 1. The Morgan fingerprint density at radius 2 is 2.25 bits per heavy atom. The third-order valence-electron chi connectivity index (χ3n) is 3.11. The molecule has 1 aliphatic heterocycles. The number of hydrogen-bond donors (Lipinski definition) is 1. The number of hydrogen-bond acceptors (Lipinski definition) is 5. The van der Waals surface area contributed by atoms with Crippen LogP contribution in [-0.2, 0) is 4.79 Å². The Bertz CT molecular complexity index is 521. The van der Waals surface area contributed by atoms with Crippen LogP contribution in [-0.4, -0.2) is 65.1 Å². The zero-order valence-electron chi connectivity index (χ0n) is 11.4. The molecule has 0 aliphatic carbocycles. The number of carboxylic acids is 1. The van der Waals surface area contributed by atoms with Crippen LogP contribution in [0.1, 0.15) is 10.5 Å². The molecule has 1 aliphatic rings. The lowest BCUT2D eigenvalue weighted by atomic mass is 10.2. The average Bonchev–Trinajstić information content (AvgIpc) is 2.46. The summed E-state index contributed by atoms with van der Waals surface area (Å²) in [4.78, 5) is 30.6. The smallest absolute Gasteiger partial charge is 0.327 e. The fraction of sp³-hybridized carbons (Fsp3) is 0.462. The van der Waals surface area contributed by atoms with Crippen molar-refractivity contribution in [2.45, 2.75) is 6.04 Å². The highest BCUT2D eigenvalue weighted by atomic mass is 32.2. The van der Waals surface area contributed by atoms with Gasteiger partial charge < -0.3 is 14.9 Å². The summed E-state index contributed by atoms with van der Waals surface area (Å²) in [5.74, 6) is 0.400. The number of anilines is 1. The minimum Gasteiger partial charge on any atom is -0.480 e.